The SMILES string of the molecule is O=C(Nc1ccc(N2CCN(C/C=C/c3ccccc3)CC2)cn1)c1cccnc1. The van der Waals surface area contributed by atoms with Gasteiger partial charge in [0, 0.05) is 45.1 Å². The van der Waals surface area contributed by atoms with E-state index < -0.39 is 0 Å². The summed E-state index contributed by atoms with van der Waals surface area (Å²) >= 11 is 0. The zero-order valence-corrected chi connectivity index (χ0v) is 16.8. The molecule has 1 N–H and O–H groups in total. The minimum absolute atomic E-state index is 0.208. The van der Waals surface area contributed by atoms with E-state index in [0.717, 1.165) is 38.4 Å². The van der Waals surface area contributed by atoms with Crippen molar-refractivity contribution < 1.29 is 4.79 Å². The van der Waals surface area contributed by atoms with Gasteiger partial charge in [0.1, 0.15) is 5.82 Å². The summed E-state index contributed by atoms with van der Waals surface area (Å²) in [6.45, 7) is 4.90. The van der Waals surface area contributed by atoms with Gasteiger partial charge in [-0.15, -0.1) is 0 Å². The second-order valence-corrected chi connectivity index (χ2v) is 7.20. The number of anilines is 2. The van der Waals surface area contributed by atoms with Gasteiger partial charge in [-0.05, 0) is 29.8 Å². The van der Waals surface area contributed by atoms with Gasteiger partial charge in [0.15, 0.2) is 0 Å². The maximum absolute atomic E-state index is 12.2. The summed E-state index contributed by atoms with van der Waals surface area (Å²) in [5, 5.41) is 2.81. The fraction of sp³-hybridized carbons (Fsp3) is 0.208. The first-order chi connectivity index (χ1) is 14.8. The van der Waals surface area contributed by atoms with E-state index in [1.807, 2.05) is 24.4 Å². The average Bonchev–Trinajstić information content (AvgIpc) is 2.81. The predicted molar refractivity (Wildman–Crippen MR) is 121 cm³/mol. The number of aromatic nitrogens is 2. The van der Waals surface area contributed by atoms with Crippen molar-refractivity contribution in [1.82, 2.24) is 14.9 Å². The van der Waals surface area contributed by atoms with Crippen molar-refractivity contribution in [1.29, 1.82) is 0 Å². The van der Waals surface area contributed by atoms with Gasteiger partial charge in [0.25, 0.3) is 5.91 Å². The van der Waals surface area contributed by atoms with Crippen molar-refractivity contribution in [2.24, 2.45) is 0 Å². The number of amides is 1. The average molecular weight is 399 g/mol. The molecule has 4 rings (SSSR count). The minimum atomic E-state index is -0.208. The molecule has 0 aliphatic carbocycles. The molecule has 1 saturated heterocycles. The Morgan fingerprint density at radius 1 is 0.967 bits per heavy atom. The molecular weight excluding hydrogens is 374 g/mol. The molecule has 2 aromatic heterocycles. The third-order valence-corrected chi connectivity index (χ3v) is 5.12. The van der Waals surface area contributed by atoms with Crippen LogP contribution in [0.5, 0.6) is 0 Å². The van der Waals surface area contributed by atoms with Crippen molar-refractivity contribution in [3.05, 3.63) is 90.4 Å². The summed E-state index contributed by atoms with van der Waals surface area (Å²) in [7, 11) is 0. The molecule has 1 fully saturated rings. The lowest BCUT2D eigenvalue weighted by Gasteiger charge is -2.35. The van der Waals surface area contributed by atoms with Crippen molar-refractivity contribution in [2.75, 3.05) is 42.9 Å². The van der Waals surface area contributed by atoms with E-state index in [4.69, 9.17) is 0 Å². The molecule has 6 nitrogen and oxygen atoms in total. The predicted octanol–water partition coefficient (Wildman–Crippen LogP) is 3.56. The number of benzene rings is 1. The monoisotopic (exact) mass is 399 g/mol. The van der Waals surface area contributed by atoms with Crippen LogP contribution in [-0.4, -0.2) is 53.5 Å². The number of nitrogens with zero attached hydrogens (tertiary/aromatic N) is 4. The van der Waals surface area contributed by atoms with E-state index in [1.54, 1.807) is 18.3 Å². The summed E-state index contributed by atoms with van der Waals surface area (Å²) in [6, 6.07) is 17.7. The van der Waals surface area contributed by atoms with Crippen molar-refractivity contribution >= 4 is 23.5 Å². The summed E-state index contributed by atoms with van der Waals surface area (Å²) in [4.78, 5) is 25.4. The fourth-order valence-electron chi connectivity index (χ4n) is 3.42. The van der Waals surface area contributed by atoms with E-state index in [2.05, 4.69) is 61.5 Å². The molecule has 1 aliphatic rings. The Hall–Kier alpha value is -3.51. The maximum atomic E-state index is 12.2. The van der Waals surface area contributed by atoms with Crippen molar-refractivity contribution in [3.63, 3.8) is 0 Å². The lowest BCUT2D eigenvalue weighted by Crippen LogP contribution is -2.46. The normalized spacial score (nSPS) is 14.7. The highest BCUT2D eigenvalue weighted by molar-refractivity contribution is 6.03. The van der Waals surface area contributed by atoms with Crippen LogP contribution in [0, 0.1) is 0 Å². The summed E-state index contributed by atoms with van der Waals surface area (Å²) in [5.74, 6) is 0.331. The molecule has 1 aliphatic heterocycles. The zero-order chi connectivity index (χ0) is 20.6. The molecule has 0 radical (unpaired) electrons. The Morgan fingerprint density at radius 2 is 1.80 bits per heavy atom. The third-order valence-electron chi connectivity index (χ3n) is 5.12. The maximum Gasteiger partial charge on any atom is 0.258 e. The smallest absolute Gasteiger partial charge is 0.258 e. The number of piperazine rings is 1. The van der Waals surface area contributed by atoms with Crippen LogP contribution >= 0.6 is 0 Å². The number of hydrogen-bond acceptors (Lipinski definition) is 5. The molecule has 6 heteroatoms. The van der Waals surface area contributed by atoms with Crippen LogP contribution in [-0.2, 0) is 0 Å². The molecule has 1 aromatic carbocycles. The van der Waals surface area contributed by atoms with Gasteiger partial charge < -0.3 is 10.2 Å². The highest BCUT2D eigenvalue weighted by Gasteiger charge is 2.16. The standard InChI is InChI=1S/C24H25N5O/c30-24(21-9-4-12-25-18-21)27-23-11-10-22(19-26-23)29-16-14-28(15-17-29)13-5-8-20-6-2-1-3-7-20/h1-12,18-19H,13-17H2,(H,26,27,30)/b8-5+. The number of rotatable bonds is 6. The van der Waals surface area contributed by atoms with Crippen LogP contribution in [0.25, 0.3) is 6.08 Å². The Kier molecular flexibility index (Phi) is 6.47. The molecule has 0 bridgehead atoms. The van der Waals surface area contributed by atoms with Gasteiger partial charge in [0.05, 0.1) is 17.4 Å². The first-order valence-corrected chi connectivity index (χ1v) is 10.1. The van der Waals surface area contributed by atoms with Crippen molar-refractivity contribution in [3.8, 4) is 0 Å². The number of nitrogens with one attached hydrogen (secondary N) is 1. The molecule has 3 heterocycles. The molecule has 0 unspecified atom stereocenters. The molecule has 152 valence electrons. The Morgan fingerprint density at radius 3 is 2.50 bits per heavy atom. The van der Waals surface area contributed by atoms with Crippen LogP contribution in [0.15, 0.2) is 79.3 Å². The van der Waals surface area contributed by atoms with E-state index in [-0.39, 0.29) is 5.91 Å². The van der Waals surface area contributed by atoms with Gasteiger partial charge >= 0.3 is 0 Å². The Bertz CT molecular complexity index is 965. The lowest BCUT2D eigenvalue weighted by atomic mass is 10.2. The Balaban J connectivity index is 1.25. The second kappa shape index (κ2) is 9.80. The van der Waals surface area contributed by atoms with Crippen LogP contribution < -0.4 is 10.2 Å². The highest BCUT2D eigenvalue weighted by Crippen LogP contribution is 2.17. The molecule has 1 amide bonds. The largest absolute Gasteiger partial charge is 0.368 e. The van der Waals surface area contributed by atoms with Crippen LogP contribution in [0.4, 0.5) is 11.5 Å². The summed E-state index contributed by atoms with van der Waals surface area (Å²) in [6.07, 6.45) is 9.41. The molecule has 0 saturated carbocycles. The minimum Gasteiger partial charge on any atom is -0.368 e. The molecule has 0 spiro atoms. The third kappa shape index (κ3) is 5.30. The molecule has 3 aromatic rings. The lowest BCUT2D eigenvalue weighted by molar-refractivity contribution is 0.102. The van der Waals surface area contributed by atoms with Gasteiger partial charge in [-0.3, -0.25) is 14.7 Å². The zero-order valence-electron chi connectivity index (χ0n) is 16.8. The second-order valence-electron chi connectivity index (χ2n) is 7.20. The summed E-state index contributed by atoms with van der Waals surface area (Å²) in [5.41, 5.74) is 2.83. The van der Waals surface area contributed by atoms with Gasteiger partial charge in [-0.2, -0.15) is 0 Å². The van der Waals surface area contributed by atoms with E-state index >= 15 is 0 Å². The van der Waals surface area contributed by atoms with Gasteiger partial charge in [-0.1, -0.05) is 42.5 Å². The van der Waals surface area contributed by atoms with E-state index in [0.29, 0.717) is 11.4 Å². The molecule has 0 atom stereocenters. The fourth-order valence-corrected chi connectivity index (χ4v) is 3.42. The summed E-state index contributed by atoms with van der Waals surface area (Å²) < 4.78 is 0. The van der Waals surface area contributed by atoms with Crippen LogP contribution in [0.3, 0.4) is 0 Å². The number of carbonyl (C=O) groups is 1. The van der Waals surface area contributed by atoms with Crippen LogP contribution in [0.2, 0.25) is 0 Å². The van der Waals surface area contributed by atoms with E-state index in [9.17, 15) is 4.79 Å². The highest BCUT2D eigenvalue weighted by atomic mass is 16.1. The first-order valence-electron chi connectivity index (χ1n) is 10.1. The quantitative estimate of drug-likeness (QED) is 0.687. The van der Waals surface area contributed by atoms with Gasteiger partial charge in [-0.25, -0.2) is 4.98 Å². The Labute approximate surface area is 176 Å². The number of pyridine rings is 2. The number of hydrogen-bond donors (Lipinski definition) is 1. The molecular formula is C24H25N5O. The molecule has 30 heavy (non-hydrogen) atoms. The first kappa shape index (κ1) is 19.8. The van der Waals surface area contributed by atoms with Crippen LogP contribution in [0.1, 0.15) is 15.9 Å². The van der Waals surface area contributed by atoms with E-state index in [1.165, 1.54) is 11.8 Å². The topological polar surface area (TPSA) is 61.4 Å². The van der Waals surface area contributed by atoms with Gasteiger partial charge in [0.2, 0.25) is 0 Å². The number of carbonyl (C=O) groups excluding carboxylic acids is 1. The van der Waals surface area contributed by atoms with Crippen molar-refractivity contribution in [2.45, 2.75) is 0 Å².